The number of carbonyl (C=O) groups is 1. The van der Waals surface area contributed by atoms with Gasteiger partial charge in [-0.25, -0.2) is 4.39 Å². The molecule has 0 saturated carbocycles. The third-order valence-corrected chi connectivity index (χ3v) is 4.68. The lowest BCUT2D eigenvalue weighted by molar-refractivity contribution is 0.0977. The zero-order valence-electron chi connectivity index (χ0n) is 16.2. The van der Waals surface area contributed by atoms with E-state index in [4.69, 9.17) is 0 Å². The molecule has 0 aliphatic carbocycles. The zero-order valence-corrected chi connectivity index (χ0v) is 16.2. The van der Waals surface area contributed by atoms with E-state index >= 15 is 0 Å². The van der Waals surface area contributed by atoms with Crippen LogP contribution < -0.4 is 10.6 Å². The van der Waals surface area contributed by atoms with Gasteiger partial charge in [0.1, 0.15) is 5.82 Å². The van der Waals surface area contributed by atoms with Crippen LogP contribution in [0.3, 0.4) is 0 Å². The van der Waals surface area contributed by atoms with Crippen LogP contribution in [0.5, 0.6) is 0 Å². The number of hydrogen-bond acceptors (Lipinski definition) is 2. The smallest absolute Gasteiger partial charge is 0.257 e. The molecule has 0 aliphatic heterocycles. The first-order valence-electron chi connectivity index (χ1n) is 9.67. The van der Waals surface area contributed by atoms with E-state index in [0.717, 1.165) is 16.5 Å². The highest BCUT2D eigenvalue weighted by Crippen LogP contribution is 2.18. The monoisotopic (exact) mass is 400 g/mol. The van der Waals surface area contributed by atoms with E-state index in [0.29, 0.717) is 24.2 Å². The maximum atomic E-state index is 13.6. The van der Waals surface area contributed by atoms with Crippen LogP contribution in [0, 0.1) is 5.82 Å². The molecule has 150 valence electrons. The van der Waals surface area contributed by atoms with E-state index in [-0.39, 0.29) is 17.7 Å². The summed E-state index contributed by atoms with van der Waals surface area (Å²) in [5.74, 6) is -0.382. The first kappa shape index (κ1) is 19.4. The Balaban J connectivity index is 1.51. The van der Waals surface area contributed by atoms with E-state index in [1.165, 1.54) is 12.1 Å². The summed E-state index contributed by atoms with van der Waals surface area (Å²) in [7, 11) is 0. The Labute approximate surface area is 173 Å². The number of hydrogen-bond donors (Lipinski definition) is 3. The fourth-order valence-electron chi connectivity index (χ4n) is 3.21. The van der Waals surface area contributed by atoms with Crippen molar-refractivity contribution < 1.29 is 9.18 Å². The number of amides is 1. The second kappa shape index (κ2) is 9.05. The Morgan fingerprint density at radius 1 is 0.967 bits per heavy atom. The van der Waals surface area contributed by atoms with Gasteiger partial charge in [-0.2, -0.15) is 0 Å². The summed E-state index contributed by atoms with van der Waals surface area (Å²) in [5, 5.41) is 6.95. The minimum absolute atomic E-state index is 0.272. The number of anilines is 1. The van der Waals surface area contributed by atoms with Gasteiger partial charge < -0.3 is 10.3 Å². The van der Waals surface area contributed by atoms with E-state index in [2.05, 4.69) is 26.7 Å². The maximum Gasteiger partial charge on any atom is 0.257 e. The van der Waals surface area contributed by atoms with Gasteiger partial charge >= 0.3 is 0 Å². The molecule has 0 atom stereocenters. The number of halogens is 1. The predicted octanol–water partition coefficient (Wildman–Crippen LogP) is 4.75. The van der Waals surface area contributed by atoms with Gasteiger partial charge in [0.05, 0.1) is 0 Å². The van der Waals surface area contributed by atoms with Crippen LogP contribution in [0.1, 0.15) is 15.9 Å². The summed E-state index contributed by atoms with van der Waals surface area (Å²) in [6, 6.07) is 23.0. The number of rotatable bonds is 5. The lowest BCUT2D eigenvalue weighted by Gasteiger charge is -2.12. The average molecular weight is 400 g/mol. The summed E-state index contributed by atoms with van der Waals surface area (Å²) in [5.41, 5.74) is 3.25. The molecule has 0 saturated heterocycles. The first-order valence-corrected chi connectivity index (χ1v) is 9.67. The molecule has 0 unspecified atom stereocenters. The number of guanidine groups is 1. The zero-order chi connectivity index (χ0) is 20.8. The molecule has 0 aliphatic rings. The van der Waals surface area contributed by atoms with Crippen LogP contribution in [0.2, 0.25) is 0 Å². The summed E-state index contributed by atoms with van der Waals surface area (Å²) in [6.07, 6.45) is 2.67. The van der Waals surface area contributed by atoms with E-state index in [9.17, 15) is 9.18 Å². The molecule has 30 heavy (non-hydrogen) atoms. The molecule has 1 amide bonds. The number of carbonyl (C=O) groups excluding carboxylic acids is 1. The van der Waals surface area contributed by atoms with Gasteiger partial charge in [-0.1, -0.05) is 42.5 Å². The molecule has 4 rings (SSSR count). The molecule has 0 bridgehead atoms. The van der Waals surface area contributed by atoms with Crippen molar-refractivity contribution in [2.45, 2.75) is 6.42 Å². The van der Waals surface area contributed by atoms with Crippen molar-refractivity contribution in [3.8, 4) is 0 Å². The molecule has 3 aromatic carbocycles. The minimum atomic E-state index is -0.368. The largest absolute Gasteiger partial charge is 0.361 e. The SMILES string of the molecule is O=C(NC(=NCCc1c[nH]c2ccccc12)Nc1cccc(F)c1)c1ccccc1. The predicted molar refractivity (Wildman–Crippen MR) is 118 cm³/mol. The fraction of sp³-hybridized carbons (Fsp3) is 0.0833. The lowest BCUT2D eigenvalue weighted by atomic mass is 10.1. The summed E-state index contributed by atoms with van der Waals surface area (Å²) < 4.78 is 13.6. The fourth-order valence-corrected chi connectivity index (χ4v) is 3.21. The van der Waals surface area contributed by atoms with Gasteiger partial charge in [0, 0.05) is 34.9 Å². The standard InChI is InChI=1S/C24H21FN4O/c25-19-9-6-10-20(15-19)28-24(29-23(30)17-7-2-1-3-8-17)26-14-13-18-16-27-22-12-5-4-11-21(18)22/h1-12,15-16,27H,13-14H2,(H2,26,28,29,30). The van der Waals surface area contributed by atoms with Gasteiger partial charge in [0.25, 0.3) is 5.91 Å². The van der Waals surface area contributed by atoms with E-state index < -0.39 is 0 Å². The molecule has 4 aromatic rings. The van der Waals surface area contributed by atoms with Gasteiger partial charge in [-0.3, -0.25) is 15.1 Å². The number of aromatic amines is 1. The molecular weight excluding hydrogens is 379 g/mol. The number of nitrogens with one attached hydrogen (secondary N) is 3. The van der Waals surface area contributed by atoms with Crippen molar-refractivity contribution in [2.24, 2.45) is 4.99 Å². The van der Waals surface area contributed by atoms with Crippen molar-refractivity contribution in [2.75, 3.05) is 11.9 Å². The van der Waals surface area contributed by atoms with Gasteiger partial charge in [0.15, 0.2) is 0 Å². The van der Waals surface area contributed by atoms with Crippen molar-refractivity contribution in [1.29, 1.82) is 0 Å². The van der Waals surface area contributed by atoms with Gasteiger partial charge in [0.2, 0.25) is 5.96 Å². The van der Waals surface area contributed by atoms with Crippen LogP contribution in [0.15, 0.2) is 90.1 Å². The van der Waals surface area contributed by atoms with Gasteiger partial charge in [-0.05, 0) is 48.4 Å². The summed E-state index contributed by atoms with van der Waals surface area (Å²) in [4.78, 5) is 20.4. The average Bonchev–Trinajstić information content (AvgIpc) is 3.17. The highest BCUT2D eigenvalue weighted by Gasteiger charge is 2.10. The molecule has 1 aromatic heterocycles. The molecule has 0 radical (unpaired) electrons. The third kappa shape index (κ3) is 4.72. The number of fused-ring (bicyclic) bond motifs is 1. The number of nitrogens with zero attached hydrogens (tertiary/aromatic N) is 1. The normalized spacial score (nSPS) is 11.4. The lowest BCUT2D eigenvalue weighted by Crippen LogP contribution is -2.36. The van der Waals surface area contributed by atoms with Crippen molar-refractivity contribution in [3.63, 3.8) is 0 Å². The molecular formula is C24H21FN4O. The molecule has 6 heteroatoms. The topological polar surface area (TPSA) is 69.3 Å². The molecule has 0 fully saturated rings. The second-order valence-corrected chi connectivity index (χ2v) is 6.80. The van der Waals surface area contributed by atoms with Crippen molar-refractivity contribution in [3.05, 3.63) is 102 Å². The summed E-state index contributed by atoms with van der Waals surface area (Å²) in [6.45, 7) is 0.453. The highest BCUT2D eigenvalue weighted by atomic mass is 19.1. The van der Waals surface area contributed by atoms with E-state index in [1.807, 2.05) is 30.5 Å². The highest BCUT2D eigenvalue weighted by molar-refractivity contribution is 6.09. The number of H-pyrrole nitrogens is 1. The van der Waals surface area contributed by atoms with Gasteiger partial charge in [-0.15, -0.1) is 0 Å². The molecule has 5 nitrogen and oxygen atoms in total. The minimum Gasteiger partial charge on any atom is -0.361 e. The number of para-hydroxylation sites is 1. The van der Waals surface area contributed by atoms with Crippen LogP contribution in [-0.4, -0.2) is 23.4 Å². The van der Waals surface area contributed by atoms with Crippen LogP contribution >= 0.6 is 0 Å². The molecule has 0 spiro atoms. The number of benzene rings is 3. The van der Waals surface area contributed by atoms with Crippen molar-refractivity contribution in [1.82, 2.24) is 10.3 Å². The Morgan fingerprint density at radius 2 is 1.77 bits per heavy atom. The Hall–Kier alpha value is -3.93. The van der Waals surface area contributed by atoms with Crippen LogP contribution in [0.4, 0.5) is 10.1 Å². The van der Waals surface area contributed by atoms with Crippen LogP contribution in [-0.2, 0) is 6.42 Å². The maximum absolute atomic E-state index is 13.6. The number of aromatic nitrogens is 1. The second-order valence-electron chi connectivity index (χ2n) is 6.80. The molecule has 1 heterocycles. The Morgan fingerprint density at radius 3 is 2.60 bits per heavy atom. The van der Waals surface area contributed by atoms with Crippen LogP contribution in [0.25, 0.3) is 10.9 Å². The number of aliphatic imine (C=N–C) groups is 1. The van der Waals surface area contributed by atoms with Crippen molar-refractivity contribution >= 4 is 28.5 Å². The Kier molecular flexibility index (Phi) is 5.85. The quantitative estimate of drug-likeness (QED) is 0.334. The summed E-state index contributed by atoms with van der Waals surface area (Å²) >= 11 is 0. The van der Waals surface area contributed by atoms with E-state index in [1.54, 1.807) is 36.4 Å². The third-order valence-electron chi connectivity index (χ3n) is 4.68. The first-order chi connectivity index (χ1) is 14.7. The molecule has 3 N–H and O–H groups in total. The Bertz CT molecular complexity index is 1180.